The van der Waals surface area contributed by atoms with Crippen LogP contribution in [-0.2, 0) is 6.54 Å². The number of nitrogens with zero attached hydrogens (tertiary/aromatic N) is 4. The van der Waals surface area contributed by atoms with Gasteiger partial charge in [-0.25, -0.2) is 0 Å². The van der Waals surface area contributed by atoms with E-state index < -0.39 is 0 Å². The summed E-state index contributed by atoms with van der Waals surface area (Å²) in [6.45, 7) is 10.7. The molecule has 0 radical (unpaired) electrons. The molecule has 1 aromatic heterocycles. The molecule has 1 aliphatic rings. The molecule has 146 valence electrons. The van der Waals surface area contributed by atoms with Gasteiger partial charge in [0.1, 0.15) is 0 Å². The Bertz CT molecular complexity index is 675. The van der Waals surface area contributed by atoms with Crippen molar-refractivity contribution < 1.29 is 4.79 Å². The van der Waals surface area contributed by atoms with Gasteiger partial charge in [-0.3, -0.25) is 9.48 Å². The maximum absolute atomic E-state index is 12.3. The van der Waals surface area contributed by atoms with E-state index in [0.717, 1.165) is 50.1 Å². The van der Waals surface area contributed by atoms with E-state index in [0.29, 0.717) is 0 Å². The normalized spacial score (nSPS) is 15.7. The minimum absolute atomic E-state index is 0.0113. The van der Waals surface area contributed by atoms with Gasteiger partial charge in [-0.2, -0.15) is 5.10 Å². The third-order valence-corrected chi connectivity index (χ3v) is 5.22. The number of rotatable bonds is 9. The fraction of sp³-hybridized carbons (Fsp3) is 0.524. The molecule has 1 amide bonds. The topological polar surface area (TPSA) is 53.4 Å². The molecule has 3 rings (SSSR count). The number of carbonyl (C=O) groups is 1. The fourth-order valence-electron chi connectivity index (χ4n) is 3.44. The van der Waals surface area contributed by atoms with Gasteiger partial charge in [-0.1, -0.05) is 19.1 Å². The first-order valence-corrected chi connectivity index (χ1v) is 10.0. The van der Waals surface area contributed by atoms with Crippen LogP contribution in [0, 0.1) is 0 Å². The first-order valence-electron chi connectivity index (χ1n) is 10.0. The number of piperazine rings is 1. The van der Waals surface area contributed by atoms with E-state index >= 15 is 0 Å². The molecular weight excluding hydrogens is 338 g/mol. The van der Waals surface area contributed by atoms with Crippen molar-refractivity contribution in [1.29, 1.82) is 0 Å². The van der Waals surface area contributed by atoms with Gasteiger partial charge in [0.15, 0.2) is 0 Å². The summed E-state index contributed by atoms with van der Waals surface area (Å²) in [7, 11) is 0. The maximum Gasteiger partial charge on any atom is 0.251 e. The largest absolute Gasteiger partial charge is 0.352 e. The van der Waals surface area contributed by atoms with E-state index in [-0.39, 0.29) is 5.91 Å². The number of likely N-dealkylation sites (N-methyl/N-ethyl adjacent to an activating group) is 1. The average Bonchev–Trinajstić information content (AvgIpc) is 3.21. The van der Waals surface area contributed by atoms with Crippen LogP contribution in [0.2, 0.25) is 0 Å². The molecule has 1 fully saturated rings. The molecule has 0 spiro atoms. The second-order valence-corrected chi connectivity index (χ2v) is 7.14. The lowest BCUT2D eigenvalue weighted by Gasteiger charge is -2.33. The quantitative estimate of drug-likeness (QED) is 0.688. The van der Waals surface area contributed by atoms with E-state index in [9.17, 15) is 4.79 Å². The van der Waals surface area contributed by atoms with Crippen molar-refractivity contribution in [2.24, 2.45) is 0 Å². The number of nitrogens with one attached hydrogen (secondary N) is 1. The molecule has 0 unspecified atom stereocenters. The predicted octanol–water partition coefficient (Wildman–Crippen LogP) is 2.08. The Labute approximate surface area is 162 Å². The van der Waals surface area contributed by atoms with E-state index in [2.05, 4.69) is 27.1 Å². The van der Waals surface area contributed by atoms with Crippen LogP contribution in [0.1, 0.15) is 35.7 Å². The Morgan fingerprint density at radius 1 is 1.07 bits per heavy atom. The van der Waals surface area contributed by atoms with Crippen LogP contribution in [0.25, 0.3) is 0 Å². The average molecular weight is 370 g/mol. The number of hydrogen-bond donors (Lipinski definition) is 1. The van der Waals surface area contributed by atoms with E-state index in [1.807, 2.05) is 41.2 Å². The Balaban J connectivity index is 1.31. The van der Waals surface area contributed by atoms with E-state index in [1.54, 1.807) is 6.20 Å². The number of benzene rings is 1. The fourth-order valence-corrected chi connectivity index (χ4v) is 3.44. The van der Waals surface area contributed by atoms with Crippen LogP contribution < -0.4 is 5.32 Å². The number of amides is 1. The lowest BCUT2D eigenvalue weighted by molar-refractivity contribution is 0.0951. The molecule has 6 heteroatoms. The number of carbonyl (C=O) groups excluding carboxylic acids is 1. The Hall–Kier alpha value is -2.18. The van der Waals surface area contributed by atoms with Gasteiger partial charge >= 0.3 is 0 Å². The van der Waals surface area contributed by atoms with E-state index in [1.165, 1.54) is 26.2 Å². The third-order valence-electron chi connectivity index (χ3n) is 5.22. The van der Waals surface area contributed by atoms with Crippen molar-refractivity contribution in [3.05, 3.63) is 53.9 Å². The monoisotopic (exact) mass is 369 g/mol. The number of unbranched alkanes of at least 4 members (excludes halogenated alkanes) is 1. The Morgan fingerprint density at radius 3 is 2.48 bits per heavy atom. The standard InChI is InChI=1S/C21H31N5O/c1-2-24-14-16-25(17-15-24)12-4-3-10-22-21(27)20-8-6-19(7-9-20)18-26-13-5-11-23-26/h5-9,11,13H,2-4,10,12,14-18H2,1H3,(H,22,27). The molecule has 2 heterocycles. The SMILES string of the molecule is CCN1CCN(CCCCNC(=O)c2ccc(Cn3cccn3)cc2)CC1. The van der Waals surface area contributed by atoms with Crippen LogP contribution in [0.3, 0.4) is 0 Å². The van der Waals surface area contributed by atoms with Gasteiger partial charge in [0.2, 0.25) is 0 Å². The van der Waals surface area contributed by atoms with Crippen molar-refractivity contribution in [2.45, 2.75) is 26.3 Å². The predicted molar refractivity (Wildman–Crippen MR) is 108 cm³/mol. The molecule has 1 N–H and O–H groups in total. The molecule has 27 heavy (non-hydrogen) atoms. The molecule has 6 nitrogen and oxygen atoms in total. The zero-order chi connectivity index (χ0) is 18.9. The molecule has 1 aliphatic heterocycles. The van der Waals surface area contributed by atoms with Crippen LogP contribution in [0.15, 0.2) is 42.7 Å². The molecular formula is C21H31N5O. The Kier molecular flexibility index (Phi) is 7.42. The summed E-state index contributed by atoms with van der Waals surface area (Å²) in [5, 5.41) is 7.23. The van der Waals surface area contributed by atoms with Crippen molar-refractivity contribution in [2.75, 3.05) is 45.8 Å². The summed E-state index contributed by atoms with van der Waals surface area (Å²) in [5.41, 5.74) is 1.85. The van der Waals surface area contributed by atoms with Crippen LogP contribution in [0.5, 0.6) is 0 Å². The summed E-state index contributed by atoms with van der Waals surface area (Å²) in [6.07, 6.45) is 5.86. The highest BCUT2D eigenvalue weighted by atomic mass is 16.1. The zero-order valence-electron chi connectivity index (χ0n) is 16.3. The minimum atomic E-state index is 0.0113. The van der Waals surface area contributed by atoms with Gasteiger partial charge in [-0.15, -0.1) is 0 Å². The molecule has 0 saturated carbocycles. The highest BCUT2D eigenvalue weighted by molar-refractivity contribution is 5.94. The van der Waals surface area contributed by atoms with Gasteiger partial charge in [-0.05, 0) is 49.7 Å². The van der Waals surface area contributed by atoms with Gasteiger partial charge in [0.25, 0.3) is 5.91 Å². The second-order valence-electron chi connectivity index (χ2n) is 7.14. The van der Waals surface area contributed by atoms with Crippen molar-refractivity contribution in [3.8, 4) is 0 Å². The molecule has 2 aromatic rings. The maximum atomic E-state index is 12.3. The smallest absolute Gasteiger partial charge is 0.251 e. The second kappa shape index (κ2) is 10.2. The van der Waals surface area contributed by atoms with Crippen LogP contribution in [0.4, 0.5) is 0 Å². The molecule has 0 aliphatic carbocycles. The molecule has 1 aromatic carbocycles. The van der Waals surface area contributed by atoms with Crippen molar-refractivity contribution in [3.63, 3.8) is 0 Å². The first kappa shape index (κ1) is 19.6. The van der Waals surface area contributed by atoms with Crippen molar-refractivity contribution >= 4 is 5.91 Å². The van der Waals surface area contributed by atoms with Crippen LogP contribution in [-0.4, -0.2) is 71.3 Å². The number of hydrogen-bond acceptors (Lipinski definition) is 4. The Morgan fingerprint density at radius 2 is 1.81 bits per heavy atom. The van der Waals surface area contributed by atoms with Crippen LogP contribution >= 0.6 is 0 Å². The highest BCUT2D eigenvalue weighted by Crippen LogP contribution is 2.07. The van der Waals surface area contributed by atoms with Gasteiger partial charge in [0, 0.05) is 50.7 Å². The highest BCUT2D eigenvalue weighted by Gasteiger charge is 2.14. The van der Waals surface area contributed by atoms with Crippen molar-refractivity contribution in [1.82, 2.24) is 24.9 Å². The summed E-state index contributed by atoms with van der Waals surface area (Å²) in [5.74, 6) is 0.0113. The summed E-state index contributed by atoms with van der Waals surface area (Å²) < 4.78 is 1.87. The lowest BCUT2D eigenvalue weighted by atomic mass is 10.1. The van der Waals surface area contributed by atoms with Gasteiger partial charge < -0.3 is 15.1 Å². The summed E-state index contributed by atoms with van der Waals surface area (Å²) >= 11 is 0. The molecule has 0 bridgehead atoms. The number of aromatic nitrogens is 2. The van der Waals surface area contributed by atoms with Gasteiger partial charge in [0.05, 0.1) is 6.54 Å². The van der Waals surface area contributed by atoms with E-state index in [4.69, 9.17) is 0 Å². The zero-order valence-corrected chi connectivity index (χ0v) is 16.3. The summed E-state index contributed by atoms with van der Waals surface area (Å²) in [6, 6.07) is 9.68. The molecule has 0 atom stereocenters. The lowest BCUT2D eigenvalue weighted by Crippen LogP contribution is -2.46. The summed E-state index contributed by atoms with van der Waals surface area (Å²) in [4.78, 5) is 17.3. The third kappa shape index (κ3) is 6.19. The minimum Gasteiger partial charge on any atom is -0.352 e. The first-order chi connectivity index (χ1) is 13.2. The molecule has 1 saturated heterocycles.